The van der Waals surface area contributed by atoms with Gasteiger partial charge in [0.1, 0.15) is 11.6 Å². The first-order valence-corrected chi connectivity index (χ1v) is 5.73. The first kappa shape index (κ1) is 14.7. The van der Waals surface area contributed by atoms with Crippen LogP contribution in [0.2, 0.25) is 0 Å². The number of aliphatic carboxylic acids is 1. The standard InChI is InChI=1S/C13H16N2O4/c1-3-4-7-10(13(17)18)15-11(16)9-6-5-8-14-12(9)19-2/h3,5-6,8,10H,1,4,7H2,2H3,(H,15,16)(H,17,18). The number of hydrogen-bond acceptors (Lipinski definition) is 4. The Kier molecular flexibility index (Phi) is 5.53. The highest BCUT2D eigenvalue weighted by molar-refractivity contribution is 5.98. The van der Waals surface area contributed by atoms with Gasteiger partial charge in [0.2, 0.25) is 5.88 Å². The quantitative estimate of drug-likeness (QED) is 0.723. The van der Waals surface area contributed by atoms with E-state index in [0.717, 1.165) is 0 Å². The molecule has 6 nitrogen and oxygen atoms in total. The maximum absolute atomic E-state index is 12.0. The number of carboxylic acid groups (broad SMARTS) is 1. The van der Waals surface area contributed by atoms with E-state index in [9.17, 15) is 9.59 Å². The fraction of sp³-hybridized carbons (Fsp3) is 0.308. The monoisotopic (exact) mass is 264 g/mol. The lowest BCUT2D eigenvalue weighted by atomic mass is 10.1. The van der Waals surface area contributed by atoms with Gasteiger partial charge < -0.3 is 15.2 Å². The lowest BCUT2D eigenvalue weighted by molar-refractivity contribution is -0.139. The minimum Gasteiger partial charge on any atom is -0.480 e. The third-order valence-electron chi connectivity index (χ3n) is 2.47. The van der Waals surface area contributed by atoms with Crippen molar-refractivity contribution in [1.82, 2.24) is 10.3 Å². The highest BCUT2D eigenvalue weighted by Gasteiger charge is 2.21. The van der Waals surface area contributed by atoms with Crippen LogP contribution in [0, 0.1) is 0 Å². The molecule has 1 aromatic rings. The van der Waals surface area contributed by atoms with E-state index in [1.807, 2.05) is 0 Å². The number of nitrogens with zero attached hydrogens (tertiary/aromatic N) is 1. The molecule has 1 rings (SSSR count). The van der Waals surface area contributed by atoms with Crippen LogP contribution in [-0.4, -0.2) is 35.1 Å². The summed E-state index contributed by atoms with van der Waals surface area (Å²) in [7, 11) is 1.39. The van der Waals surface area contributed by atoms with Crippen LogP contribution in [0.4, 0.5) is 0 Å². The second-order valence-electron chi connectivity index (χ2n) is 3.79. The lowest BCUT2D eigenvalue weighted by Crippen LogP contribution is -2.40. The van der Waals surface area contributed by atoms with Gasteiger partial charge in [0.25, 0.3) is 5.91 Å². The van der Waals surface area contributed by atoms with E-state index >= 15 is 0 Å². The number of hydrogen-bond donors (Lipinski definition) is 2. The van der Waals surface area contributed by atoms with Crippen molar-refractivity contribution < 1.29 is 19.4 Å². The Hall–Kier alpha value is -2.37. The number of carbonyl (C=O) groups is 2. The van der Waals surface area contributed by atoms with E-state index in [-0.39, 0.29) is 17.9 Å². The van der Waals surface area contributed by atoms with Crippen LogP contribution < -0.4 is 10.1 Å². The van der Waals surface area contributed by atoms with Crippen LogP contribution >= 0.6 is 0 Å². The van der Waals surface area contributed by atoms with E-state index in [4.69, 9.17) is 9.84 Å². The first-order valence-electron chi connectivity index (χ1n) is 5.73. The Balaban J connectivity index is 2.81. The molecule has 6 heteroatoms. The van der Waals surface area contributed by atoms with E-state index in [1.54, 1.807) is 12.1 Å². The summed E-state index contributed by atoms with van der Waals surface area (Å²) in [5.74, 6) is -1.45. The fourth-order valence-electron chi connectivity index (χ4n) is 1.50. The maximum Gasteiger partial charge on any atom is 0.326 e. The Morgan fingerprint density at radius 2 is 2.37 bits per heavy atom. The molecule has 1 aromatic heterocycles. The molecular weight excluding hydrogens is 248 g/mol. The van der Waals surface area contributed by atoms with Gasteiger partial charge in [-0.15, -0.1) is 6.58 Å². The summed E-state index contributed by atoms with van der Waals surface area (Å²) in [6, 6.07) is 2.14. The number of nitrogens with one attached hydrogen (secondary N) is 1. The number of pyridine rings is 1. The Labute approximate surface area is 111 Å². The van der Waals surface area contributed by atoms with Crippen molar-refractivity contribution in [1.29, 1.82) is 0 Å². The molecule has 1 atom stereocenters. The van der Waals surface area contributed by atoms with Gasteiger partial charge in [-0.25, -0.2) is 9.78 Å². The smallest absolute Gasteiger partial charge is 0.326 e. The highest BCUT2D eigenvalue weighted by atomic mass is 16.5. The van der Waals surface area contributed by atoms with Crippen LogP contribution in [-0.2, 0) is 4.79 Å². The largest absolute Gasteiger partial charge is 0.480 e. The Morgan fingerprint density at radius 3 is 2.95 bits per heavy atom. The Morgan fingerprint density at radius 1 is 1.63 bits per heavy atom. The van der Waals surface area contributed by atoms with Crippen molar-refractivity contribution in [2.45, 2.75) is 18.9 Å². The van der Waals surface area contributed by atoms with Crippen molar-refractivity contribution in [2.24, 2.45) is 0 Å². The van der Waals surface area contributed by atoms with Gasteiger partial charge in [-0.3, -0.25) is 4.79 Å². The average Bonchev–Trinajstić information content (AvgIpc) is 2.42. The van der Waals surface area contributed by atoms with E-state index in [1.165, 1.54) is 19.4 Å². The number of carboxylic acids is 1. The van der Waals surface area contributed by atoms with Gasteiger partial charge in [0.05, 0.1) is 7.11 Å². The second-order valence-corrected chi connectivity index (χ2v) is 3.79. The molecule has 1 unspecified atom stereocenters. The zero-order chi connectivity index (χ0) is 14.3. The van der Waals surface area contributed by atoms with Gasteiger partial charge >= 0.3 is 5.97 Å². The molecular formula is C13H16N2O4. The molecule has 0 saturated heterocycles. The fourth-order valence-corrected chi connectivity index (χ4v) is 1.50. The number of allylic oxidation sites excluding steroid dienone is 1. The third-order valence-corrected chi connectivity index (χ3v) is 2.47. The van der Waals surface area contributed by atoms with E-state index in [2.05, 4.69) is 16.9 Å². The summed E-state index contributed by atoms with van der Waals surface area (Å²) in [6.07, 6.45) is 3.88. The minimum absolute atomic E-state index is 0.160. The zero-order valence-electron chi connectivity index (χ0n) is 10.6. The number of aromatic nitrogens is 1. The van der Waals surface area contributed by atoms with Gasteiger partial charge in [0.15, 0.2) is 0 Å². The van der Waals surface area contributed by atoms with Crippen molar-refractivity contribution in [3.8, 4) is 5.88 Å². The van der Waals surface area contributed by atoms with Crippen LogP contribution in [0.15, 0.2) is 31.0 Å². The first-order chi connectivity index (χ1) is 9.10. The molecule has 0 aromatic carbocycles. The van der Waals surface area contributed by atoms with E-state index in [0.29, 0.717) is 6.42 Å². The highest BCUT2D eigenvalue weighted by Crippen LogP contribution is 2.13. The van der Waals surface area contributed by atoms with Gasteiger partial charge in [-0.05, 0) is 25.0 Å². The summed E-state index contributed by atoms with van der Waals surface area (Å²) in [6.45, 7) is 3.52. The molecule has 0 aliphatic heterocycles. The van der Waals surface area contributed by atoms with Crippen molar-refractivity contribution in [2.75, 3.05) is 7.11 Å². The van der Waals surface area contributed by atoms with Crippen LogP contribution in [0.25, 0.3) is 0 Å². The normalized spacial score (nSPS) is 11.4. The number of methoxy groups -OCH3 is 1. The summed E-state index contributed by atoms with van der Waals surface area (Å²) in [5, 5.41) is 11.5. The topological polar surface area (TPSA) is 88.5 Å². The van der Waals surface area contributed by atoms with Gasteiger partial charge in [-0.2, -0.15) is 0 Å². The molecule has 0 aliphatic carbocycles. The Bertz CT molecular complexity index is 473. The summed E-state index contributed by atoms with van der Waals surface area (Å²) >= 11 is 0. The summed E-state index contributed by atoms with van der Waals surface area (Å²) < 4.78 is 4.95. The van der Waals surface area contributed by atoms with Crippen molar-refractivity contribution in [3.05, 3.63) is 36.5 Å². The summed E-state index contributed by atoms with van der Waals surface area (Å²) in [4.78, 5) is 26.9. The predicted molar refractivity (Wildman–Crippen MR) is 69.1 cm³/mol. The number of rotatable bonds is 7. The molecule has 0 bridgehead atoms. The SMILES string of the molecule is C=CCCC(NC(=O)c1cccnc1OC)C(=O)O. The maximum atomic E-state index is 12.0. The van der Waals surface area contributed by atoms with Crippen LogP contribution in [0.3, 0.4) is 0 Å². The lowest BCUT2D eigenvalue weighted by Gasteiger charge is -2.14. The number of ether oxygens (including phenoxy) is 1. The molecule has 2 N–H and O–H groups in total. The molecule has 0 aliphatic rings. The van der Waals surface area contributed by atoms with Crippen molar-refractivity contribution >= 4 is 11.9 Å². The molecule has 0 spiro atoms. The molecule has 1 amide bonds. The zero-order valence-corrected chi connectivity index (χ0v) is 10.6. The molecule has 102 valence electrons. The van der Waals surface area contributed by atoms with Crippen LogP contribution in [0.5, 0.6) is 5.88 Å². The van der Waals surface area contributed by atoms with Crippen molar-refractivity contribution in [3.63, 3.8) is 0 Å². The molecule has 1 heterocycles. The molecule has 0 radical (unpaired) electrons. The second kappa shape index (κ2) is 7.15. The summed E-state index contributed by atoms with van der Waals surface area (Å²) in [5.41, 5.74) is 0.204. The molecule has 0 saturated carbocycles. The predicted octanol–water partition coefficient (Wildman–Crippen LogP) is 1.24. The molecule has 19 heavy (non-hydrogen) atoms. The van der Waals surface area contributed by atoms with Gasteiger partial charge in [-0.1, -0.05) is 6.08 Å². The van der Waals surface area contributed by atoms with Gasteiger partial charge in [0, 0.05) is 6.20 Å². The van der Waals surface area contributed by atoms with E-state index < -0.39 is 17.9 Å². The van der Waals surface area contributed by atoms with Crippen LogP contribution in [0.1, 0.15) is 23.2 Å². The minimum atomic E-state index is -1.09. The number of amides is 1. The third kappa shape index (κ3) is 4.09. The average molecular weight is 264 g/mol. The number of carbonyl (C=O) groups excluding carboxylic acids is 1. The molecule has 0 fully saturated rings.